The molecule has 0 aromatic rings. The molecular formula is C35H72O9. The number of hydrogen-bond donors (Lipinski definition) is 1. The normalized spacial score (nSPS) is 16.1. The molecule has 0 aliphatic heterocycles. The first-order valence-electron chi connectivity index (χ1n) is 17.7. The maximum atomic E-state index is 8.70. The van der Waals surface area contributed by atoms with Gasteiger partial charge in [-0.3, -0.25) is 0 Å². The summed E-state index contributed by atoms with van der Waals surface area (Å²) in [7, 11) is 0. The third-order valence-corrected chi connectivity index (χ3v) is 7.19. The summed E-state index contributed by atoms with van der Waals surface area (Å²) >= 11 is 0. The Kier molecular flexibility index (Phi) is 32.3. The van der Waals surface area contributed by atoms with Crippen molar-refractivity contribution in [2.45, 2.75) is 156 Å². The number of unbranched alkanes of at least 4 members (excludes halogenated alkanes) is 10. The summed E-state index contributed by atoms with van der Waals surface area (Å²) in [5.74, 6) is 0. The van der Waals surface area contributed by atoms with Crippen LogP contribution in [-0.2, 0) is 37.9 Å². The standard InChI is InChI=1S/C35H72O9/c1-8-9-10-11-12-13-14-15-16-17-18-20-38-24-30(2)40-26-32(4)42-28-34(6)44-29-35(7)43-27-33(5)41-25-31(3)39-23-22-37-21-19-36/h30-36H,8-29H2,1-7H3. The molecule has 6 unspecified atom stereocenters. The van der Waals surface area contributed by atoms with Gasteiger partial charge in [0.1, 0.15) is 0 Å². The molecule has 0 saturated carbocycles. The van der Waals surface area contributed by atoms with E-state index in [2.05, 4.69) is 13.8 Å². The first-order valence-corrected chi connectivity index (χ1v) is 17.7. The molecule has 0 fully saturated rings. The Morgan fingerprint density at radius 2 is 0.727 bits per heavy atom. The second kappa shape index (κ2) is 32.6. The van der Waals surface area contributed by atoms with Gasteiger partial charge in [-0.1, -0.05) is 71.1 Å². The largest absolute Gasteiger partial charge is 0.394 e. The topological polar surface area (TPSA) is 94.1 Å². The van der Waals surface area contributed by atoms with E-state index in [9.17, 15) is 0 Å². The van der Waals surface area contributed by atoms with Gasteiger partial charge in [-0.05, 0) is 48.0 Å². The van der Waals surface area contributed by atoms with Crippen LogP contribution in [0, 0.1) is 0 Å². The van der Waals surface area contributed by atoms with Gasteiger partial charge >= 0.3 is 0 Å². The SMILES string of the molecule is CCCCCCCCCCCCCOCC(C)OCC(C)OCC(C)OCC(C)OCC(C)OCC(C)OCCOCCO. The molecule has 0 bridgehead atoms. The molecule has 0 spiro atoms. The predicted molar refractivity (Wildman–Crippen MR) is 178 cm³/mol. The van der Waals surface area contributed by atoms with Gasteiger partial charge in [0.2, 0.25) is 0 Å². The van der Waals surface area contributed by atoms with Gasteiger partial charge in [-0.25, -0.2) is 0 Å². The molecule has 0 aromatic carbocycles. The van der Waals surface area contributed by atoms with Crippen molar-refractivity contribution in [3.05, 3.63) is 0 Å². The highest BCUT2D eigenvalue weighted by atomic mass is 16.6. The predicted octanol–water partition coefficient (Wildman–Crippen LogP) is 6.75. The van der Waals surface area contributed by atoms with Crippen LogP contribution in [0.25, 0.3) is 0 Å². The Morgan fingerprint density at radius 3 is 1.14 bits per heavy atom. The van der Waals surface area contributed by atoms with Crippen molar-refractivity contribution in [3.63, 3.8) is 0 Å². The molecule has 266 valence electrons. The zero-order valence-electron chi connectivity index (χ0n) is 29.7. The zero-order valence-corrected chi connectivity index (χ0v) is 29.7. The van der Waals surface area contributed by atoms with Gasteiger partial charge in [0.05, 0.1) is 103 Å². The molecular weight excluding hydrogens is 564 g/mol. The molecule has 0 saturated heterocycles. The minimum absolute atomic E-state index is 0.0127. The van der Waals surface area contributed by atoms with Crippen LogP contribution in [0.1, 0.15) is 119 Å². The number of aliphatic hydroxyl groups excluding tert-OH is 1. The lowest BCUT2D eigenvalue weighted by atomic mass is 10.1. The van der Waals surface area contributed by atoms with Crippen molar-refractivity contribution in [3.8, 4) is 0 Å². The van der Waals surface area contributed by atoms with Crippen LogP contribution in [0.5, 0.6) is 0 Å². The lowest BCUT2D eigenvalue weighted by Gasteiger charge is -2.22. The lowest BCUT2D eigenvalue weighted by Crippen LogP contribution is -2.30. The summed E-state index contributed by atoms with van der Waals surface area (Å²) in [4.78, 5) is 0. The van der Waals surface area contributed by atoms with Crippen molar-refractivity contribution in [1.82, 2.24) is 0 Å². The highest BCUT2D eigenvalue weighted by Gasteiger charge is 2.13. The fraction of sp³-hybridized carbons (Fsp3) is 1.00. The molecule has 44 heavy (non-hydrogen) atoms. The van der Waals surface area contributed by atoms with E-state index < -0.39 is 0 Å². The second-order valence-corrected chi connectivity index (χ2v) is 12.3. The molecule has 0 rings (SSSR count). The van der Waals surface area contributed by atoms with Crippen LogP contribution in [0.4, 0.5) is 0 Å². The molecule has 0 radical (unpaired) electrons. The Balaban J connectivity index is 3.64. The average Bonchev–Trinajstić information content (AvgIpc) is 3.01. The van der Waals surface area contributed by atoms with E-state index in [0.717, 1.165) is 13.0 Å². The summed E-state index contributed by atoms with van der Waals surface area (Å²) in [6, 6.07) is 0. The minimum atomic E-state index is -0.0486. The van der Waals surface area contributed by atoms with Crippen molar-refractivity contribution in [1.29, 1.82) is 0 Å². The number of rotatable bonds is 35. The fourth-order valence-electron chi connectivity index (χ4n) is 4.38. The van der Waals surface area contributed by atoms with Crippen molar-refractivity contribution in [2.24, 2.45) is 0 Å². The van der Waals surface area contributed by atoms with Gasteiger partial charge in [0, 0.05) is 6.61 Å². The highest BCUT2D eigenvalue weighted by molar-refractivity contribution is 4.59. The van der Waals surface area contributed by atoms with Gasteiger partial charge in [-0.15, -0.1) is 0 Å². The smallest absolute Gasteiger partial charge is 0.0781 e. The van der Waals surface area contributed by atoms with E-state index in [1.165, 1.54) is 64.2 Å². The van der Waals surface area contributed by atoms with Crippen molar-refractivity contribution in [2.75, 3.05) is 72.7 Å². The monoisotopic (exact) mass is 637 g/mol. The maximum Gasteiger partial charge on any atom is 0.0781 e. The average molecular weight is 637 g/mol. The molecule has 9 heteroatoms. The molecule has 6 atom stereocenters. The van der Waals surface area contributed by atoms with E-state index in [1.54, 1.807) is 0 Å². The van der Waals surface area contributed by atoms with E-state index >= 15 is 0 Å². The van der Waals surface area contributed by atoms with Gasteiger partial charge in [0.25, 0.3) is 0 Å². The summed E-state index contributed by atoms with van der Waals surface area (Å²) in [5.41, 5.74) is 0. The van der Waals surface area contributed by atoms with Gasteiger partial charge in [-0.2, -0.15) is 0 Å². The van der Waals surface area contributed by atoms with Crippen LogP contribution in [0.2, 0.25) is 0 Å². The van der Waals surface area contributed by atoms with Gasteiger partial charge < -0.3 is 43.0 Å². The molecule has 9 nitrogen and oxygen atoms in total. The molecule has 0 aromatic heterocycles. The fourth-order valence-corrected chi connectivity index (χ4v) is 4.38. The highest BCUT2D eigenvalue weighted by Crippen LogP contribution is 2.11. The Hall–Kier alpha value is -0.360. The third-order valence-electron chi connectivity index (χ3n) is 7.19. The van der Waals surface area contributed by atoms with Crippen LogP contribution in [0.3, 0.4) is 0 Å². The molecule has 0 aliphatic rings. The molecule has 0 aliphatic carbocycles. The van der Waals surface area contributed by atoms with Gasteiger partial charge in [0.15, 0.2) is 0 Å². The van der Waals surface area contributed by atoms with E-state index in [4.69, 9.17) is 43.0 Å². The summed E-state index contributed by atoms with van der Waals surface area (Å²) < 4.78 is 46.1. The first kappa shape index (κ1) is 43.6. The van der Waals surface area contributed by atoms with Crippen LogP contribution < -0.4 is 0 Å². The van der Waals surface area contributed by atoms with E-state index in [0.29, 0.717) is 59.5 Å². The summed E-state index contributed by atoms with van der Waals surface area (Å²) in [5, 5.41) is 8.70. The Labute approximate surface area is 271 Å². The Bertz CT molecular complexity index is 568. The zero-order chi connectivity index (χ0) is 32.7. The number of aliphatic hydroxyl groups is 1. The van der Waals surface area contributed by atoms with Crippen molar-refractivity contribution < 1.29 is 43.0 Å². The number of ether oxygens (including phenoxy) is 8. The molecule has 0 amide bonds. The summed E-state index contributed by atoms with van der Waals surface area (Å²) in [6.07, 6.45) is 14.7. The van der Waals surface area contributed by atoms with Crippen molar-refractivity contribution >= 4 is 0 Å². The molecule has 1 N–H and O–H groups in total. The quantitative estimate of drug-likeness (QED) is 0.0758. The minimum Gasteiger partial charge on any atom is -0.394 e. The summed E-state index contributed by atoms with van der Waals surface area (Å²) in [6.45, 7) is 19.5. The lowest BCUT2D eigenvalue weighted by molar-refractivity contribution is -0.105. The van der Waals surface area contributed by atoms with Crippen LogP contribution in [0.15, 0.2) is 0 Å². The first-order chi connectivity index (χ1) is 21.3. The maximum absolute atomic E-state index is 8.70. The Morgan fingerprint density at radius 1 is 0.364 bits per heavy atom. The second-order valence-electron chi connectivity index (χ2n) is 12.3. The third kappa shape index (κ3) is 31.6. The van der Waals surface area contributed by atoms with Crippen LogP contribution >= 0.6 is 0 Å². The van der Waals surface area contributed by atoms with E-state index in [-0.39, 0.29) is 43.2 Å². The van der Waals surface area contributed by atoms with E-state index in [1.807, 2.05) is 34.6 Å². The van der Waals surface area contributed by atoms with Crippen LogP contribution in [-0.4, -0.2) is 114 Å². The number of hydrogen-bond acceptors (Lipinski definition) is 9. The molecule has 0 heterocycles.